The van der Waals surface area contributed by atoms with Gasteiger partial charge in [-0.3, -0.25) is 4.72 Å². The van der Waals surface area contributed by atoms with Crippen LogP contribution in [0.1, 0.15) is 30.7 Å². The molecule has 2 aromatic carbocycles. The average Bonchev–Trinajstić information content (AvgIpc) is 3.67. The molecule has 9 rings (SSSR count). The number of fused-ring (bicyclic) bond motifs is 1. The summed E-state index contributed by atoms with van der Waals surface area (Å²) in [6, 6.07) is 8.32. The van der Waals surface area contributed by atoms with Crippen LogP contribution in [-0.4, -0.2) is 55.9 Å². The molecule has 5 aliphatic rings. The average molecular weight is 690 g/mol. The van der Waals surface area contributed by atoms with Crippen LogP contribution >= 0.6 is 11.3 Å². The highest BCUT2D eigenvalue weighted by molar-refractivity contribution is 7.93. The van der Waals surface area contributed by atoms with Gasteiger partial charge in [0.15, 0.2) is 20.5 Å². The minimum absolute atomic E-state index is 0.0152. The Hall–Kier alpha value is -3.60. The fourth-order valence-electron chi connectivity index (χ4n) is 7.17. The van der Waals surface area contributed by atoms with E-state index in [2.05, 4.69) is 15.3 Å². The number of sulfone groups is 1. The van der Waals surface area contributed by atoms with E-state index >= 15 is 4.39 Å². The van der Waals surface area contributed by atoms with E-state index in [-0.39, 0.29) is 34.2 Å². The summed E-state index contributed by atoms with van der Waals surface area (Å²) in [4.78, 5) is 13.1. The number of ether oxygens (including phenoxy) is 1. The van der Waals surface area contributed by atoms with Crippen LogP contribution < -0.4 is 10.0 Å². The van der Waals surface area contributed by atoms with Gasteiger partial charge in [-0.25, -0.2) is 45.0 Å². The summed E-state index contributed by atoms with van der Waals surface area (Å²) in [7, 11) is -7.77. The zero-order valence-electron chi connectivity index (χ0n) is 24.0. The van der Waals surface area contributed by atoms with E-state index in [1.54, 1.807) is 12.3 Å². The monoisotopic (exact) mass is 689 g/mol. The maximum atomic E-state index is 16.2. The summed E-state index contributed by atoms with van der Waals surface area (Å²) in [5.74, 6) is -2.45. The lowest BCUT2D eigenvalue weighted by molar-refractivity contribution is -0.00294. The van der Waals surface area contributed by atoms with Gasteiger partial charge >= 0.3 is 0 Å². The Balaban J connectivity index is 1.14. The van der Waals surface area contributed by atoms with Crippen molar-refractivity contribution in [3.8, 4) is 21.8 Å². The molecule has 5 heterocycles. The van der Waals surface area contributed by atoms with Crippen LogP contribution in [0.25, 0.3) is 21.8 Å². The number of nitrogens with zero attached hydrogens (tertiary/aromatic N) is 3. The number of anilines is 2. The fraction of sp³-hybridized carbons (Fsp3) is 0.367. The molecule has 5 fully saturated rings. The Bertz CT molecular complexity index is 2090. The van der Waals surface area contributed by atoms with Crippen LogP contribution in [0.2, 0.25) is 0 Å². The number of rotatable bonds is 8. The highest BCUT2D eigenvalue weighted by atomic mass is 32.2. The number of aromatic nitrogens is 3. The third-order valence-electron chi connectivity index (χ3n) is 9.17. The van der Waals surface area contributed by atoms with Crippen molar-refractivity contribution in [2.75, 3.05) is 28.2 Å². The second kappa shape index (κ2) is 10.2. The SMILES string of the molecule is O=S1(=O)CC2(CC(Nc3nccc(-c4sc(C56CC(CO5)C6)nc4-c4cccc(NS(=O)(=O)c5c(F)cccc5F)c4F)n3)C2)C1. The van der Waals surface area contributed by atoms with Crippen molar-refractivity contribution in [2.24, 2.45) is 11.3 Å². The Morgan fingerprint density at radius 2 is 1.67 bits per heavy atom. The molecule has 0 radical (unpaired) electrons. The number of halogens is 3. The van der Waals surface area contributed by atoms with Crippen molar-refractivity contribution >= 4 is 42.8 Å². The minimum atomic E-state index is -4.84. The summed E-state index contributed by atoms with van der Waals surface area (Å²) in [6.45, 7) is 0.605. The van der Waals surface area contributed by atoms with Gasteiger partial charge in [-0.2, -0.15) is 0 Å². The van der Waals surface area contributed by atoms with E-state index in [1.807, 2.05) is 4.72 Å². The van der Waals surface area contributed by atoms with Crippen molar-refractivity contribution in [1.82, 2.24) is 15.0 Å². The first-order chi connectivity index (χ1) is 21.8. The maximum Gasteiger partial charge on any atom is 0.267 e. The Morgan fingerprint density at radius 1 is 0.957 bits per heavy atom. The molecule has 2 N–H and O–H groups in total. The molecule has 2 aromatic heterocycles. The van der Waals surface area contributed by atoms with Crippen molar-refractivity contribution < 1.29 is 34.7 Å². The largest absolute Gasteiger partial charge is 0.367 e. The van der Waals surface area contributed by atoms with Crippen LogP contribution in [-0.2, 0) is 30.2 Å². The fourth-order valence-corrected chi connectivity index (χ4v) is 11.8. The van der Waals surface area contributed by atoms with Gasteiger partial charge in [0.05, 0.1) is 40.1 Å². The first-order valence-corrected chi connectivity index (χ1v) is 18.7. The number of sulfonamides is 1. The molecular weight excluding hydrogens is 664 g/mol. The maximum absolute atomic E-state index is 16.2. The van der Waals surface area contributed by atoms with E-state index in [9.17, 15) is 25.6 Å². The van der Waals surface area contributed by atoms with Crippen molar-refractivity contribution in [3.05, 3.63) is 71.1 Å². The molecule has 3 saturated heterocycles. The van der Waals surface area contributed by atoms with Gasteiger partial charge in [0.25, 0.3) is 10.0 Å². The van der Waals surface area contributed by atoms with Crippen LogP contribution in [0, 0.1) is 28.8 Å². The Morgan fingerprint density at radius 3 is 2.35 bits per heavy atom. The Labute approximate surface area is 266 Å². The van der Waals surface area contributed by atoms with Crippen molar-refractivity contribution in [1.29, 1.82) is 0 Å². The molecule has 0 amide bonds. The first kappa shape index (κ1) is 29.8. The normalized spacial score (nSPS) is 24.2. The van der Waals surface area contributed by atoms with E-state index in [4.69, 9.17) is 9.72 Å². The van der Waals surface area contributed by atoms with Crippen LogP contribution in [0.5, 0.6) is 0 Å². The quantitative estimate of drug-likeness (QED) is 0.258. The number of hydrogen-bond donors (Lipinski definition) is 2. The minimum Gasteiger partial charge on any atom is -0.367 e. The number of nitrogens with one attached hydrogen (secondary N) is 2. The third-order valence-corrected chi connectivity index (χ3v) is 14.0. The van der Waals surface area contributed by atoms with Gasteiger partial charge in [-0.1, -0.05) is 12.1 Å². The molecule has 16 heteroatoms. The van der Waals surface area contributed by atoms with Crippen LogP contribution in [0.4, 0.5) is 24.8 Å². The van der Waals surface area contributed by atoms with E-state index < -0.39 is 53.5 Å². The molecule has 1 spiro atoms. The summed E-state index contributed by atoms with van der Waals surface area (Å²) in [6.07, 6.45) is 4.52. The zero-order chi connectivity index (χ0) is 32.1. The molecule has 4 aromatic rings. The van der Waals surface area contributed by atoms with Crippen molar-refractivity contribution in [2.45, 2.75) is 42.2 Å². The first-order valence-electron chi connectivity index (χ1n) is 14.6. The highest BCUT2D eigenvalue weighted by Crippen LogP contribution is 2.57. The van der Waals surface area contributed by atoms with Crippen LogP contribution in [0.15, 0.2) is 53.6 Å². The number of thiazole rings is 1. The topological polar surface area (TPSA) is 140 Å². The highest BCUT2D eigenvalue weighted by Gasteiger charge is 2.57. The van der Waals surface area contributed by atoms with Gasteiger partial charge in [0.1, 0.15) is 22.2 Å². The molecule has 0 unspecified atom stereocenters. The summed E-state index contributed by atoms with van der Waals surface area (Å²) >= 11 is 1.30. The predicted octanol–water partition coefficient (Wildman–Crippen LogP) is 5.11. The van der Waals surface area contributed by atoms with Gasteiger partial charge in [-0.05, 0) is 61.9 Å². The van der Waals surface area contributed by atoms with Crippen molar-refractivity contribution in [3.63, 3.8) is 0 Å². The van der Waals surface area contributed by atoms with E-state index in [0.29, 0.717) is 46.9 Å². The zero-order valence-corrected chi connectivity index (χ0v) is 26.4. The lowest BCUT2D eigenvalue weighted by atomic mass is 9.67. The number of hydrogen-bond acceptors (Lipinski definition) is 10. The Kier molecular flexibility index (Phi) is 6.60. The lowest BCUT2D eigenvalue weighted by Gasteiger charge is -2.53. The second-order valence-corrected chi connectivity index (χ2v) is 17.3. The molecular formula is C30H26F3N5O5S3. The summed E-state index contributed by atoms with van der Waals surface area (Å²) in [5.41, 5.74) is -0.662. The van der Waals surface area contributed by atoms with Gasteiger partial charge in [0.2, 0.25) is 5.95 Å². The molecule has 2 bridgehead atoms. The third kappa shape index (κ3) is 4.88. The van der Waals surface area contributed by atoms with Crippen LogP contribution in [0.3, 0.4) is 0 Å². The number of benzene rings is 2. The molecule has 0 atom stereocenters. The molecule has 240 valence electrons. The second-order valence-electron chi connectivity index (χ2n) is 12.6. The summed E-state index contributed by atoms with van der Waals surface area (Å²) < 4.78 is 102. The van der Waals surface area contributed by atoms with Gasteiger partial charge in [0, 0.05) is 23.2 Å². The predicted molar refractivity (Wildman–Crippen MR) is 164 cm³/mol. The van der Waals surface area contributed by atoms with Gasteiger partial charge < -0.3 is 10.1 Å². The lowest BCUT2D eigenvalue weighted by Crippen LogP contribution is -2.60. The van der Waals surface area contributed by atoms with E-state index in [1.165, 1.54) is 23.5 Å². The smallest absolute Gasteiger partial charge is 0.267 e. The molecule has 3 aliphatic heterocycles. The van der Waals surface area contributed by atoms with E-state index in [0.717, 1.165) is 37.1 Å². The summed E-state index contributed by atoms with van der Waals surface area (Å²) in [5, 5.41) is 3.92. The molecule has 2 saturated carbocycles. The molecule has 10 nitrogen and oxygen atoms in total. The molecule has 46 heavy (non-hydrogen) atoms. The molecule has 2 aliphatic carbocycles. The standard InChI is InChI=1S/C30H26F3N5O5S3/c31-19-4-2-5-20(32)26(19)46(41,42)38-21-6-1-3-18(23(21)33)24-25(44-27(37-24)30-9-16(10-30)13-43-30)22-7-8-34-28(36-22)35-17-11-29(12-17)14-45(39,40)15-29/h1-8,16-17,38H,9-15H2,(H,34,35,36). The van der Waals surface area contributed by atoms with Gasteiger partial charge in [-0.15, -0.1) is 11.3 Å².